The van der Waals surface area contributed by atoms with Crippen LogP contribution in [0.3, 0.4) is 0 Å². The van der Waals surface area contributed by atoms with Gasteiger partial charge < -0.3 is 0 Å². The highest BCUT2D eigenvalue weighted by Crippen LogP contribution is 2.22. The minimum Gasteiger partial charge on any atom is -0.299 e. The zero-order chi connectivity index (χ0) is 11.8. The molecule has 0 fully saturated rings. The van der Waals surface area contributed by atoms with Crippen LogP contribution in [0.5, 0.6) is 0 Å². The molecule has 0 atom stereocenters. The van der Waals surface area contributed by atoms with Gasteiger partial charge in [-0.05, 0) is 42.8 Å². The Morgan fingerprint density at radius 2 is 1.94 bits per heavy atom. The molecule has 0 aliphatic heterocycles. The van der Waals surface area contributed by atoms with Gasteiger partial charge >= 0.3 is 0 Å². The SMILES string of the molecule is Cc1cc(-n2cnc3ccccc32)ccc1Cl. The van der Waals surface area contributed by atoms with E-state index >= 15 is 0 Å². The number of nitrogens with zero attached hydrogens (tertiary/aromatic N) is 2. The highest BCUT2D eigenvalue weighted by Gasteiger charge is 2.04. The molecule has 17 heavy (non-hydrogen) atoms. The molecule has 0 saturated carbocycles. The molecular weight excluding hydrogens is 232 g/mol. The van der Waals surface area contributed by atoms with E-state index in [9.17, 15) is 0 Å². The standard InChI is InChI=1S/C14H11ClN2/c1-10-8-11(6-7-12(10)15)17-9-16-13-4-2-3-5-14(13)17/h2-9H,1H3. The first-order chi connectivity index (χ1) is 8.25. The van der Waals surface area contributed by atoms with Crippen LogP contribution < -0.4 is 0 Å². The third kappa shape index (κ3) is 1.71. The van der Waals surface area contributed by atoms with E-state index in [2.05, 4.69) is 21.7 Å². The molecule has 0 saturated heterocycles. The molecule has 1 heterocycles. The van der Waals surface area contributed by atoms with E-state index in [0.29, 0.717) is 0 Å². The predicted octanol–water partition coefficient (Wildman–Crippen LogP) is 3.99. The summed E-state index contributed by atoms with van der Waals surface area (Å²) in [6.07, 6.45) is 1.84. The number of aromatic nitrogens is 2. The van der Waals surface area contributed by atoms with Crippen molar-refractivity contribution < 1.29 is 0 Å². The Labute approximate surface area is 104 Å². The fourth-order valence-corrected chi connectivity index (χ4v) is 2.06. The summed E-state index contributed by atoms with van der Waals surface area (Å²) in [6, 6.07) is 14.1. The maximum absolute atomic E-state index is 6.04. The van der Waals surface area contributed by atoms with Crippen molar-refractivity contribution in [3.05, 3.63) is 59.4 Å². The highest BCUT2D eigenvalue weighted by atomic mass is 35.5. The second kappa shape index (κ2) is 3.90. The van der Waals surface area contributed by atoms with Gasteiger partial charge in [0, 0.05) is 10.7 Å². The molecule has 3 heteroatoms. The molecule has 3 aromatic rings. The molecule has 0 amide bonds. The third-order valence-corrected chi connectivity index (χ3v) is 3.30. The summed E-state index contributed by atoms with van der Waals surface area (Å²) in [6.45, 7) is 2.00. The molecule has 0 aliphatic carbocycles. The fraction of sp³-hybridized carbons (Fsp3) is 0.0714. The third-order valence-electron chi connectivity index (χ3n) is 2.87. The number of halogens is 1. The lowest BCUT2D eigenvalue weighted by Gasteiger charge is -2.06. The molecule has 0 bridgehead atoms. The summed E-state index contributed by atoms with van der Waals surface area (Å²) in [5, 5.41) is 0.790. The van der Waals surface area contributed by atoms with Crippen LogP contribution in [0.2, 0.25) is 5.02 Å². The van der Waals surface area contributed by atoms with Crippen LogP contribution in [0.1, 0.15) is 5.56 Å². The molecule has 0 N–H and O–H groups in total. The summed E-state index contributed by atoms with van der Waals surface area (Å²) in [5.74, 6) is 0. The van der Waals surface area contributed by atoms with Crippen LogP contribution in [0, 0.1) is 6.92 Å². The van der Waals surface area contributed by atoms with E-state index < -0.39 is 0 Å². The monoisotopic (exact) mass is 242 g/mol. The predicted molar refractivity (Wildman–Crippen MR) is 70.8 cm³/mol. The van der Waals surface area contributed by atoms with Crippen molar-refractivity contribution in [2.75, 3.05) is 0 Å². The summed E-state index contributed by atoms with van der Waals surface area (Å²) in [7, 11) is 0. The molecule has 3 rings (SSSR count). The Morgan fingerprint density at radius 3 is 2.76 bits per heavy atom. The normalized spacial score (nSPS) is 10.9. The second-order valence-corrected chi connectivity index (χ2v) is 4.44. The lowest BCUT2D eigenvalue weighted by molar-refractivity contribution is 1.09. The summed E-state index contributed by atoms with van der Waals surface area (Å²) in [5.41, 5.74) is 4.26. The highest BCUT2D eigenvalue weighted by molar-refractivity contribution is 6.31. The Balaban J connectivity index is 2.24. The Hall–Kier alpha value is -1.80. The van der Waals surface area contributed by atoms with E-state index in [0.717, 1.165) is 27.3 Å². The van der Waals surface area contributed by atoms with Crippen molar-refractivity contribution >= 4 is 22.6 Å². The smallest absolute Gasteiger partial charge is 0.100 e. The molecule has 0 unspecified atom stereocenters. The molecule has 1 aromatic heterocycles. The van der Waals surface area contributed by atoms with Gasteiger partial charge in [-0.1, -0.05) is 23.7 Å². The van der Waals surface area contributed by atoms with E-state index in [1.165, 1.54) is 0 Å². The van der Waals surface area contributed by atoms with Crippen molar-refractivity contribution in [1.82, 2.24) is 9.55 Å². The van der Waals surface area contributed by atoms with Gasteiger partial charge in [-0.3, -0.25) is 4.57 Å². The number of rotatable bonds is 1. The van der Waals surface area contributed by atoms with Crippen molar-refractivity contribution in [3.63, 3.8) is 0 Å². The van der Waals surface area contributed by atoms with Crippen LogP contribution in [-0.2, 0) is 0 Å². The minimum atomic E-state index is 0.790. The quantitative estimate of drug-likeness (QED) is 0.631. The number of para-hydroxylation sites is 2. The van der Waals surface area contributed by atoms with E-state index in [4.69, 9.17) is 11.6 Å². The summed E-state index contributed by atoms with van der Waals surface area (Å²) in [4.78, 5) is 4.38. The van der Waals surface area contributed by atoms with Gasteiger partial charge in [-0.2, -0.15) is 0 Å². The van der Waals surface area contributed by atoms with Crippen LogP contribution in [0.15, 0.2) is 48.8 Å². The topological polar surface area (TPSA) is 17.8 Å². The first-order valence-corrected chi connectivity index (χ1v) is 5.82. The number of hydrogen-bond donors (Lipinski definition) is 0. The number of benzene rings is 2. The van der Waals surface area contributed by atoms with Gasteiger partial charge in [0.2, 0.25) is 0 Å². The van der Waals surface area contributed by atoms with Crippen molar-refractivity contribution in [2.24, 2.45) is 0 Å². The van der Waals surface area contributed by atoms with Gasteiger partial charge in [-0.15, -0.1) is 0 Å². The van der Waals surface area contributed by atoms with Gasteiger partial charge in [0.25, 0.3) is 0 Å². The molecule has 0 spiro atoms. The molecule has 2 aromatic carbocycles. The molecule has 2 nitrogen and oxygen atoms in total. The van der Waals surface area contributed by atoms with Crippen LogP contribution >= 0.6 is 11.6 Å². The Kier molecular flexibility index (Phi) is 2.37. The average molecular weight is 243 g/mol. The van der Waals surface area contributed by atoms with Crippen molar-refractivity contribution in [1.29, 1.82) is 0 Å². The summed E-state index contributed by atoms with van der Waals surface area (Å²) < 4.78 is 2.07. The van der Waals surface area contributed by atoms with Crippen molar-refractivity contribution in [2.45, 2.75) is 6.92 Å². The first kappa shape index (κ1) is 10.4. The van der Waals surface area contributed by atoms with Crippen molar-refractivity contribution in [3.8, 4) is 5.69 Å². The first-order valence-electron chi connectivity index (χ1n) is 5.44. The number of hydrogen-bond acceptors (Lipinski definition) is 1. The second-order valence-electron chi connectivity index (χ2n) is 4.04. The van der Waals surface area contributed by atoms with Gasteiger partial charge in [0.1, 0.15) is 6.33 Å². The number of aryl methyl sites for hydroxylation is 1. The Bertz CT molecular complexity index is 686. The van der Waals surface area contributed by atoms with Crippen LogP contribution in [0.4, 0.5) is 0 Å². The number of imidazole rings is 1. The average Bonchev–Trinajstić information content (AvgIpc) is 2.76. The minimum absolute atomic E-state index is 0.790. The largest absolute Gasteiger partial charge is 0.299 e. The van der Waals surface area contributed by atoms with Crippen LogP contribution in [0.25, 0.3) is 16.7 Å². The van der Waals surface area contributed by atoms with Crippen LogP contribution in [-0.4, -0.2) is 9.55 Å². The van der Waals surface area contributed by atoms with Gasteiger partial charge in [0.05, 0.1) is 11.0 Å². The molecule has 0 radical (unpaired) electrons. The Morgan fingerprint density at radius 1 is 1.12 bits per heavy atom. The lowest BCUT2D eigenvalue weighted by atomic mass is 10.2. The maximum atomic E-state index is 6.04. The lowest BCUT2D eigenvalue weighted by Crippen LogP contribution is -1.92. The maximum Gasteiger partial charge on any atom is 0.100 e. The number of fused-ring (bicyclic) bond motifs is 1. The van der Waals surface area contributed by atoms with Gasteiger partial charge in [-0.25, -0.2) is 4.98 Å². The molecule has 0 aliphatic rings. The molecular formula is C14H11ClN2. The molecule has 84 valence electrons. The van der Waals surface area contributed by atoms with E-state index in [1.54, 1.807) is 0 Å². The van der Waals surface area contributed by atoms with E-state index in [1.807, 2.05) is 43.6 Å². The summed E-state index contributed by atoms with van der Waals surface area (Å²) >= 11 is 6.04. The van der Waals surface area contributed by atoms with E-state index in [-0.39, 0.29) is 0 Å². The fourth-order valence-electron chi connectivity index (χ4n) is 1.94. The van der Waals surface area contributed by atoms with Gasteiger partial charge in [0.15, 0.2) is 0 Å². The zero-order valence-electron chi connectivity index (χ0n) is 9.39. The zero-order valence-corrected chi connectivity index (χ0v) is 10.1.